The van der Waals surface area contributed by atoms with Crippen LogP contribution in [0.15, 0.2) is 47.4 Å². The first-order valence-corrected chi connectivity index (χ1v) is 10.4. The van der Waals surface area contributed by atoms with Crippen LogP contribution in [-0.4, -0.2) is 22.4 Å². The molecule has 3 aromatic rings. The molecule has 3 rings (SSSR count). The third kappa shape index (κ3) is 4.28. The first kappa shape index (κ1) is 21.6. The number of fused-ring (bicyclic) bond motifs is 1. The summed E-state index contributed by atoms with van der Waals surface area (Å²) in [6, 6.07) is 10.5. The highest BCUT2D eigenvalue weighted by atomic mass is 127. The first-order chi connectivity index (χ1) is 13.7. The average Bonchev–Trinajstić information content (AvgIpc) is 2.67. The predicted octanol–water partition coefficient (Wildman–Crippen LogP) is 4.57. The smallest absolute Gasteiger partial charge is 0.265 e. The Balaban J connectivity index is 2.20. The highest BCUT2D eigenvalue weighted by Crippen LogP contribution is 2.36. The van der Waals surface area contributed by atoms with Gasteiger partial charge in [-0.25, -0.2) is 4.39 Å². The maximum Gasteiger partial charge on any atom is 0.265 e. The summed E-state index contributed by atoms with van der Waals surface area (Å²) >= 11 is 1.95. The van der Waals surface area contributed by atoms with E-state index in [9.17, 15) is 19.1 Å². The Morgan fingerprint density at radius 2 is 1.97 bits per heavy atom. The van der Waals surface area contributed by atoms with E-state index in [0.29, 0.717) is 27.4 Å². The van der Waals surface area contributed by atoms with Crippen LogP contribution in [0.4, 0.5) is 4.39 Å². The van der Waals surface area contributed by atoms with Crippen molar-refractivity contribution in [3.63, 3.8) is 0 Å². The molecule has 1 N–H and O–H groups in total. The molecule has 29 heavy (non-hydrogen) atoms. The van der Waals surface area contributed by atoms with Crippen LogP contribution in [0, 0.1) is 14.8 Å². The van der Waals surface area contributed by atoms with Crippen molar-refractivity contribution in [2.45, 2.75) is 33.1 Å². The number of aromatic nitrogens is 1. The van der Waals surface area contributed by atoms with Crippen molar-refractivity contribution in [2.75, 3.05) is 6.61 Å². The Hall–Kier alpha value is -2.06. The molecule has 0 aliphatic rings. The van der Waals surface area contributed by atoms with E-state index in [1.54, 1.807) is 36.5 Å². The summed E-state index contributed by atoms with van der Waals surface area (Å²) in [6.07, 6.45) is 2.53. The minimum atomic E-state index is -0.422. The molecule has 0 aliphatic carbocycles. The Labute approximate surface area is 182 Å². The number of nitrogens with zero attached hydrogens (tertiary/aromatic N) is 1. The van der Waals surface area contributed by atoms with E-state index in [4.69, 9.17) is 0 Å². The van der Waals surface area contributed by atoms with Crippen LogP contribution in [0.3, 0.4) is 0 Å². The van der Waals surface area contributed by atoms with Gasteiger partial charge in [-0.05, 0) is 62.9 Å². The van der Waals surface area contributed by atoms with Gasteiger partial charge in [-0.3, -0.25) is 14.0 Å². The van der Waals surface area contributed by atoms with Gasteiger partial charge >= 0.3 is 0 Å². The maximum absolute atomic E-state index is 14.4. The van der Waals surface area contributed by atoms with E-state index in [2.05, 4.69) is 0 Å². The molecule has 0 fully saturated rings. The number of aliphatic hydroxyl groups is 1. The lowest BCUT2D eigenvalue weighted by atomic mass is 9.76. The van der Waals surface area contributed by atoms with Gasteiger partial charge in [0.25, 0.3) is 5.56 Å². The largest absolute Gasteiger partial charge is 0.396 e. The highest BCUT2D eigenvalue weighted by molar-refractivity contribution is 14.1. The third-order valence-electron chi connectivity index (χ3n) is 5.24. The number of hydrogen-bond acceptors (Lipinski definition) is 3. The molecule has 2 heterocycles. The van der Waals surface area contributed by atoms with Crippen LogP contribution >= 0.6 is 22.6 Å². The summed E-state index contributed by atoms with van der Waals surface area (Å²) in [5.41, 5.74) is 2.03. The molecule has 4 nitrogen and oxygen atoms in total. The summed E-state index contributed by atoms with van der Waals surface area (Å²) in [5, 5.41) is 10.00. The quantitative estimate of drug-likeness (QED) is 0.407. The minimum Gasteiger partial charge on any atom is -0.396 e. The van der Waals surface area contributed by atoms with Gasteiger partial charge in [-0.1, -0.05) is 39.0 Å². The van der Waals surface area contributed by atoms with Gasteiger partial charge in [-0.2, -0.15) is 0 Å². The van der Waals surface area contributed by atoms with E-state index in [-0.39, 0.29) is 29.3 Å². The van der Waals surface area contributed by atoms with Gasteiger partial charge < -0.3 is 5.11 Å². The molecular formula is C23H23FINO3. The number of halogens is 2. The van der Waals surface area contributed by atoms with E-state index >= 15 is 0 Å². The third-order valence-corrected chi connectivity index (χ3v) is 6.07. The van der Waals surface area contributed by atoms with E-state index in [1.165, 1.54) is 4.40 Å². The standard InChI is InChI=1S/C23H23FINO3/c1-23(2,3)18(13-28)17-10-16(12-27)22(29)26-11-14(7-8-20(17)26)9-15-5-4-6-19(25)21(15)24/h4-8,10-12,18,28H,9,13H2,1-3H3/t18-/m0/s1. The predicted molar refractivity (Wildman–Crippen MR) is 120 cm³/mol. The summed E-state index contributed by atoms with van der Waals surface area (Å²) in [4.78, 5) is 24.3. The van der Waals surface area contributed by atoms with E-state index < -0.39 is 5.56 Å². The Morgan fingerprint density at radius 1 is 1.24 bits per heavy atom. The van der Waals surface area contributed by atoms with Crippen molar-refractivity contribution >= 4 is 34.4 Å². The summed E-state index contributed by atoms with van der Waals surface area (Å²) in [5.74, 6) is -0.522. The number of aldehydes is 1. The molecule has 0 bridgehead atoms. The number of benzene rings is 1. The summed E-state index contributed by atoms with van der Waals surface area (Å²) in [6.45, 7) is 5.91. The first-order valence-electron chi connectivity index (χ1n) is 9.34. The molecule has 1 aromatic carbocycles. The molecule has 6 heteroatoms. The monoisotopic (exact) mass is 507 g/mol. The van der Waals surface area contributed by atoms with Gasteiger partial charge in [0, 0.05) is 22.1 Å². The van der Waals surface area contributed by atoms with Crippen LogP contribution < -0.4 is 5.56 Å². The molecule has 0 unspecified atom stereocenters. The second kappa shape index (κ2) is 8.36. The normalized spacial score (nSPS) is 12.9. The highest BCUT2D eigenvalue weighted by Gasteiger charge is 2.28. The molecule has 0 aliphatic heterocycles. The summed E-state index contributed by atoms with van der Waals surface area (Å²) < 4.78 is 16.4. The molecule has 0 saturated heterocycles. The zero-order valence-electron chi connectivity index (χ0n) is 16.6. The number of pyridine rings is 2. The fraction of sp³-hybridized carbons (Fsp3) is 0.304. The van der Waals surface area contributed by atoms with E-state index in [1.807, 2.05) is 49.4 Å². The van der Waals surface area contributed by atoms with Gasteiger partial charge in [0.1, 0.15) is 5.82 Å². The second-order valence-corrected chi connectivity index (χ2v) is 9.42. The number of hydrogen-bond donors (Lipinski definition) is 1. The van der Waals surface area contributed by atoms with Crippen molar-refractivity contribution in [1.29, 1.82) is 0 Å². The van der Waals surface area contributed by atoms with Crippen molar-refractivity contribution in [3.05, 3.63) is 84.6 Å². The zero-order chi connectivity index (χ0) is 21.3. The SMILES string of the molecule is CC(C)(C)[C@@H](CO)c1cc(C=O)c(=O)n2cc(Cc3cccc(I)c3F)ccc12. The number of rotatable bonds is 5. The lowest BCUT2D eigenvalue weighted by Crippen LogP contribution is -2.26. The van der Waals surface area contributed by atoms with Crippen LogP contribution in [0.2, 0.25) is 0 Å². The lowest BCUT2D eigenvalue weighted by molar-refractivity contribution is 0.112. The number of aliphatic hydroxyl groups excluding tert-OH is 1. The van der Waals surface area contributed by atoms with Crippen LogP contribution in [0.25, 0.3) is 5.52 Å². The fourth-order valence-corrected chi connectivity index (χ4v) is 4.16. The van der Waals surface area contributed by atoms with Crippen molar-refractivity contribution in [2.24, 2.45) is 5.41 Å². The second-order valence-electron chi connectivity index (χ2n) is 8.26. The molecule has 0 amide bonds. The molecule has 152 valence electrons. The van der Waals surface area contributed by atoms with Gasteiger partial charge in [0.15, 0.2) is 6.29 Å². The van der Waals surface area contributed by atoms with Crippen LogP contribution in [0.5, 0.6) is 0 Å². The molecule has 0 radical (unpaired) electrons. The van der Waals surface area contributed by atoms with Gasteiger partial charge in [0.2, 0.25) is 0 Å². The molecule has 0 spiro atoms. The fourth-order valence-electron chi connectivity index (χ4n) is 3.60. The Kier molecular flexibility index (Phi) is 6.24. The Bertz CT molecular complexity index is 1130. The van der Waals surface area contributed by atoms with Crippen molar-refractivity contribution < 1.29 is 14.3 Å². The van der Waals surface area contributed by atoms with Crippen LogP contribution in [0.1, 0.15) is 53.7 Å². The van der Waals surface area contributed by atoms with Gasteiger partial charge in [-0.15, -0.1) is 0 Å². The molecule has 2 aromatic heterocycles. The Morgan fingerprint density at radius 3 is 2.59 bits per heavy atom. The van der Waals surface area contributed by atoms with Crippen molar-refractivity contribution in [3.8, 4) is 0 Å². The molecular weight excluding hydrogens is 484 g/mol. The maximum atomic E-state index is 14.4. The van der Waals surface area contributed by atoms with E-state index in [0.717, 1.165) is 11.1 Å². The van der Waals surface area contributed by atoms with Gasteiger partial charge in [0.05, 0.1) is 17.7 Å². The van der Waals surface area contributed by atoms with Crippen molar-refractivity contribution in [1.82, 2.24) is 4.40 Å². The molecule has 0 saturated carbocycles. The number of carbonyl (C=O) groups excluding carboxylic acids is 1. The van der Waals surface area contributed by atoms with Crippen LogP contribution in [-0.2, 0) is 6.42 Å². The molecule has 1 atom stereocenters. The zero-order valence-corrected chi connectivity index (χ0v) is 18.7. The number of carbonyl (C=O) groups is 1. The summed E-state index contributed by atoms with van der Waals surface area (Å²) in [7, 11) is 0. The topological polar surface area (TPSA) is 58.8 Å². The average molecular weight is 507 g/mol. The minimum absolute atomic E-state index is 0.0396. The lowest BCUT2D eigenvalue weighted by Gasteiger charge is -2.30.